The van der Waals surface area contributed by atoms with E-state index in [1.54, 1.807) is 0 Å². The molecule has 1 atom stereocenters. The van der Waals surface area contributed by atoms with Crippen molar-refractivity contribution in [3.05, 3.63) is 29.8 Å². The van der Waals surface area contributed by atoms with Gasteiger partial charge in [0.15, 0.2) is 0 Å². The Bertz CT molecular complexity index is 397. The Morgan fingerprint density at radius 1 is 1.33 bits per heavy atom. The molecule has 1 aromatic carbocycles. The Morgan fingerprint density at radius 2 is 2.11 bits per heavy atom. The van der Waals surface area contributed by atoms with Crippen LogP contribution in [0.15, 0.2) is 24.3 Å². The Kier molecular flexibility index (Phi) is 4.40. The molecule has 2 rings (SSSR count). The molecule has 1 unspecified atom stereocenters. The minimum Gasteiger partial charge on any atom is -0.493 e. The van der Waals surface area contributed by atoms with Gasteiger partial charge in [-0.25, -0.2) is 0 Å². The number of alkyl halides is 3. The highest BCUT2D eigenvalue weighted by molar-refractivity contribution is 8.00. The van der Waals surface area contributed by atoms with Crippen LogP contribution in [0.1, 0.15) is 18.0 Å². The standard InChI is InChI=1S/C12H14F3NOS/c13-12(14,15)18-8-6-16-10-5-7-17-11-4-2-1-3-9(10)11/h1-4,10,16H,5-8H2. The van der Waals surface area contributed by atoms with E-state index >= 15 is 0 Å². The zero-order valence-electron chi connectivity index (χ0n) is 9.67. The number of rotatable bonds is 4. The second-order valence-corrected chi connectivity index (χ2v) is 5.14. The van der Waals surface area contributed by atoms with Crippen LogP contribution < -0.4 is 10.1 Å². The summed E-state index contributed by atoms with van der Waals surface area (Å²) in [5, 5.41) is 3.15. The fourth-order valence-electron chi connectivity index (χ4n) is 1.95. The summed E-state index contributed by atoms with van der Waals surface area (Å²) in [4.78, 5) is 0. The van der Waals surface area contributed by atoms with Gasteiger partial charge in [0.1, 0.15) is 5.75 Å². The molecule has 1 heterocycles. The van der Waals surface area contributed by atoms with E-state index in [9.17, 15) is 13.2 Å². The molecular weight excluding hydrogens is 263 g/mol. The lowest BCUT2D eigenvalue weighted by Crippen LogP contribution is -2.29. The Hall–Kier alpha value is -0.880. The van der Waals surface area contributed by atoms with Crippen LogP contribution in [0.2, 0.25) is 0 Å². The highest BCUT2D eigenvalue weighted by atomic mass is 32.2. The van der Waals surface area contributed by atoms with Crippen LogP contribution in [-0.4, -0.2) is 24.4 Å². The number of para-hydroxylation sites is 1. The lowest BCUT2D eigenvalue weighted by atomic mass is 10.0. The largest absolute Gasteiger partial charge is 0.493 e. The SMILES string of the molecule is FC(F)(F)SCCNC1CCOc2ccccc21. The average Bonchev–Trinajstić information content (AvgIpc) is 2.33. The molecule has 0 saturated heterocycles. The molecule has 0 aliphatic carbocycles. The van der Waals surface area contributed by atoms with Crippen LogP contribution in [0.3, 0.4) is 0 Å². The number of benzene rings is 1. The second-order valence-electron chi connectivity index (χ2n) is 3.98. The van der Waals surface area contributed by atoms with E-state index in [4.69, 9.17) is 4.74 Å². The van der Waals surface area contributed by atoms with Gasteiger partial charge in [0.2, 0.25) is 0 Å². The molecule has 1 aliphatic rings. The third-order valence-electron chi connectivity index (χ3n) is 2.72. The summed E-state index contributed by atoms with van der Waals surface area (Å²) in [6, 6.07) is 7.72. The summed E-state index contributed by atoms with van der Waals surface area (Å²) in [6.45, 7) is 0.935. The quantitative estimate of drug-likeness (QED) is 0.853. The predicted molar refractivity (Wildman–Crippen MR) is 65.8 cm³/mol. The maximum atomic E-state index is 12.0. The highest BCUT2D eigenvalue weighted by Gasteiger charge is 2.28. The first-order chi connectivity index (χ1) is 8.56. The number of ether oxygens (including phenoxy) is 1. The molecule has 0 amide bonds. The van der Waals surface area contributed by atoms with Gasteiger partial charge in [0.25, 0.3) is 0 Å². The van der Waals surface area contributed by atoms with Gasteiger partial charge in [-0.3, -0.25) is 0 Å². The molecule has 1 aromatic rings. The minimum absolute atomic E-state index is 0.00970. The van der Waals surface area contributed by atoms with Crippen molar-refractivity contribution in [2.24, 2.45) is 0 Å². The molecule has 100 valence electrons. The molecule has 1 N–H and O–H groups in total. The van der Waals surface area contributed by atoms with Gasteiger partial charge < -0.3 is 10.1 Å². The first kappa shape index (κ1) is 13.5. The molecule has 0 fully saturated rings. The lowest BCUT2D eigenvalue weighted by molar-refractivity contribution is -0.0327. The molecule has 0 bridgehead atoms. The Morgan fingerprint density at radius 3 is 2.89 bits per heavy atom. The van der Waals surface area contributed by atoms with Gasteiger partial charge in [-0.2, -0.15) is 13.2 Å². The van der Waals surface area contributed by atoms with E-state index in [-0.39, 0.29) is 23.6 Å². The van der Waals surface area contributed by atoms with E-state index in [1.807, 2.05) is 24.3 Å². The molecule has 0 aromatic heterocycles. The number of hydrogen-bond donors (Lipinski definition) is 1. The van der Waals surface area contributed by atoms with Gasteiger partial charge >= 0.3 is 5.51 Å². The van der Waals surface area contributed by atoms with Crippen molar-refractivity contribution in [2.75, 3.05) is 18.9 Å². The molecule has 6 heteroatoms. The van der Waals surface area contributed by atoms with Crippen LogP contribution in [-0.2, 0) is 0 Å². The van der Waals surface area contributed by atoms with Crippen LogP contribution in [0.4, 0.5) is 13.2 Å². The highest BCUT2D eigenvalue weighted by Crippen LogP contribution is 2.32. The summed E-state index contributed by atoms with van der Waals surface area (Å²) in [7, 11) is 0. The molecule has 1 aliphatic heterocycles. The first-order valence-corrected chi connectivity index (χ1v) is 6.70. The molecule has 0 spiro atoms. The van der Waals surface area contributed by atoms with Crippen LogP contribution in [0.25, 0.3) is 0 Å². The molecule has 0 radical (unpaired) electrons. The van der Waals surface area contributed by atoms with Crippen molar-refractivity contribution in [3.63, 3.8) is 0 Å². The van der Waals surface area contributed by atoms with Gasteiger partial charge in [-0.05, 0) is 17.8 Å². The summed E-state index contributed by atoms with van der Waals surface area (Å²) in [5.74, 6) is 0.855. The molecule has 18 heavy (non-hydrogen) atoms. The van der Waals surface area contributed by atoms with Crippen molar-refractivity contribution in [1.82, 2.24) is 5.32 Å². The summed E-state index contributed by atoms with van der Waals surface area (Å²) in [6.07, 6.45) is 0.785. The van der Waals surface area contributed by atoms with Crippen LogP contribution in [0.5, 0.6) is 5.75 Å². The number of thioether (sulfide) groups is 1. The number of fused-ring (bicyclic) bond motifs is 1. The summed E-state index contributed by atoms with van der Waals surface area (Å²) in [5.41, 5.74) is -3.12. The van der Waals surface area contributed by atoms with E-state index in [2.05, 4.69) is 5.32 Å². The van der Waals surface area contributed by atoms with E-state index in [1.165, 1.54) is 0 Å². The summed E-state index contributed by atoms with van der Waals surface area (Å²) >= 11 is 0.00970. The fourth-order valence-corrected chi connectivity index (χ4v) is 2.41. The van der Waals surface area contributed by atoms with Gasteiger partial charge in [0.05, 0.1) is 6.61 Å². The zero-order valence-corrected chi connectivity index (χ0v) is 10.5. The van der Waals surface area contributed by atoms with Gasteiger partial charge in [-0.15, -0.1) is 0 Å². The monoisotopic (exact) mass is 277 g/mol. The maximum absolute atomic E-state index is 12.0. The topological polar surface area (TPSA) is 21.3 Å². The van der Waals surface area contributed by atoms with Gasteiger partial charge in [-0.1, -0.05) is 18.2 Å². The van der Waals surface area contributed by atoms with Crippen molar-refractivity contribution < 1.29 is 17.9 Å². The van der Waals surface area contributed by atoms with Crippen molar-refractivity contribution in [2.45, 2.75) is 18.0 Å². The average molecular weight is 277 g/mol. The van der Waals surface area contributed by atoms with Crippen LogP contribution in [0, 0.1) is 0 Å². The lowest BCUT2D eigenvalue weighted by Gasteiger charge is -2.26. The fraction of sp³-hybridized carbons (Fsp3) is 0.500. The number of hydrogen-bond acceptors (Lipinski definition) is 3. The smallest absolute Gasteiger partial charge is 0.441 e. The second kappa shape index (κ2) is 5.84. The molecule has 2 nitrogen and oxygen atoms in total. The third kappa shape index (κ3) is 3.81. The van der Waals surface area contributed by atoms with Crippen molar-refractivity contribution in [3.8, 4) is 5.75 Å². The zero-order chi connectivity index (χ0) is 13.0. The number of nitrogens with one attached hydrogen (secondary N) is 1. The summed E-state index contributed by atoms with van der Waals surface area (Å²) < 4.78 is 41.4. The van der Waals surface area contributed by atoms with Gasteiger partial charge in [0, 0.05) is 30.3 Å². The predicted octanol–water partition coefficient (Wildman–Crippen LogP) is 3.35. The Labute approximate surface area is 108 Å². The van der Waals surface area contributed by atoms with E-state index < -0.39 is 5.51 Å². The normalized spacial score (nSPS) is 19.2. The Balaban J connectivity index is 1.84. The first-order valence-electron chi connectivity index (χ1n) is 5.72. The minimum atomic E-state index is -4.14. The molecule has 0 saturated carbocycles. The third-order valence-corrected chi connectivity index (χ3v) is 3.45. The van der Waals surface area contributed by atoms with Crippen molar-refractivity contribution >= 4 is 11.8 Å². The van der Waals surface area contributed by atoms with Crippen molar-refractivity contribution in [1.29, 1.82) is 0 Å². The van der Waals surface area contributed by atoms with E-state index in [0.717, 1.165) is 17.7 Å². The number of halogens is 3. The van der Waals surface area contributed by atoms with E-state index in [0.29, 0.717) is 13.2 Å². The maximum Gasteiger partial charge on any atom is 0.441 e. The molecular formula is C12H14F3NOS. The van der Waals surface area contributed by atoms with Crippen LogP contribution >= 0.6 is 11.8 Å².